The molecule has 0 radical (unpaired) electrons. The van der Waals surface area contributed by atoms with E-state index in [-0.39, 0.29) is 0 Å². The minimum atomic E-state index is 1.13. The molecule has 51 heavy (non-hydrogen) atoms. The average molecular weight is 648 g/mol. The van der Waals surface area contributed by atoms with Crippen molar-refractivity contribution in [1.29, 1.82) is 0 Å². The first kappa shape index (κ1) is 29.2. The van der Waals surface area contributed by atoms with E-state index in [1.165, 1.54) is 76.1 Å². The van der Waals surface area contributed by atoms with Gasteiger partial charge >= 0.3 is 0 Å². The second-order valence-electron chi connectivity index (χ2n) is 13.3. The van der Waals surface area contributed by atoms with Crippen LogP contribution in [0.25, 0.3) is 76.1 Å². The van der Waals surface area contributed by atoms with Gasteiger partial charge in [0.15, 0.2) is 0 Å². The molecular weight excluding hydrogens is 615 g/mol. The molecule has 238 valence electrons. The van der Waals surface area contributed by atoms with Crippen LogP contribution >= 0.6 is 0 Å². The zero-order valence-electron chi connectivity index (χ0n) is 28.0. The molecule has 0 saturated carbocycles. The van der Waals surface area contributed by atoms with Crippen LogP contribution in [-0.4, -0.2) is 0 Å². The summed E-state index contributed by atoms with van der Waals surface area (Å²) in [6.07, 6.45) is 0. The molecule has 0 aliphatic heterocycles. The summed E-state index contributed by atoms with van der Waals surface area (Å²) in [7, 11) is 0. The summed E-state index contributed by atoms with van der Waals surface area (Å²) in [6.45, 7) is 0. The number of para-hydroxylation sites is 1. The fraction of sp³-hybridized carbons (Fsp3) is 0. The highest BCUT2D eigenvalue weighted by Gasteiger charge is 2.21. The predicted molar refractivity (Wildman–Crippen MR) is 220 cm³/mol. The van der Waals surface area contributed by atoms with Crippen molar-refractivity contribution in [3.8, 4) is 22.3 Å². The molecule has 0 fully saturated rings. The van der Waals surface area contributed by atoms with Gasteiger partial charge in [-0.15, -0.1) is 0 Å². The van der Waals surface area contributed by atoms with E-state index in [1.807, 2.05) is 0 Å². The van der Waals surface area contributed by atoms with Crippen LogP contribution in [-0.2, 0) is 0 Å². The molecule has 0 aromatic heterocycles. The highest BCUT2D eigenvalue weighted by atomic mass is 15.1. The van der Waals surface area contributed by atoms with Crippen LogP contribution in [0.5, 0.6) is 0 Å². The molecule has 0 N–H and O–H groups in total. The zero-order valence-corrected chi connectivity index (χ0v) is 28.0. The molecule has 0 atom stereocenters. The summed E-state index contributed by atoms with van der Waals surface area (Å²) in [5, 5.41) is 12.6. The van der Waals surface area contributed by atoms with Gasteiger partial charge in [-0.05, 0) is 95.5 Å². The fourth-order valence-corrected chi connectivity index (χ4v) is 7.98. The van der Waals surface area contributed by atoms with E-state index in [9.17, 15) is 0 Å². The van der Waals surface area contributed by atoms with Crippen LogP contribution < -0.4 is 4.90 Å². The van der Waals surface area contributed by atoms with Crippen LogP contribution in [0.2, 0.25) is 0 Å². The fourth-order valence-electron chi connectivity index (χ4n) is 7.98. The van der Waals surface area contributed by atoms with Gasteiger partial charge in [0.2, 0.25) is 0 Å². The van der Waals surface area contributed by atoms with Gasteiger partial charge in [-0.3, -0.25) is 0 Å². The first-order chi connectivity index (χ1) is 25.3. The van der Waals surface area contributed by atoms with Gasteiger partial charge in [0.1, 0.15) is 0 Å². The summed E-state index contributed by atoms with van der Waals surface area (Å²) in [5.74, 6) is 0. The van der Waals surface area contributed by atoms with Crippen LogP contribution in [0, 0.1) is 0 Å². The third kappa shape index (κ3) is 4.94. The van der Waals surface area contributed by atoms with Gasteiger partial charge < -0.3 is 4.90 Å². The Labute approximate surface area is 297 Å². The Morgan fingerprint density at radius 3 is 1.71 bits per heavy atom. The van der Waals surface area contributed by atoms with Gasteiger partial charge in [-0.25, -0.2) is 0 Å². The summed E-state index contributed by atoms with van der Waals surface area (Å²) in [5.41, 5.74) is 8.23. The Kier molecular flexibility index (Phi) is 6.89. The number of nitrogens with zero attached hydrogens (tertiary/aromatic N) is 1. The van der Waals surface area contributed by atoms with E-state index in [4.69, 9.17) is 0 Å². The maximum Gasteiger partial charge on any atom is 0.0540 e. The molecule has 1 nitrogen and oxygen atoms in total. The molecule has 1 heteroatoms. The van der Waals surface area contributed by atoms with Gasteiger partial charge in [0.05, 0.1) is 11.4 Å². The third-order valence-electron chi connectivity index (χ3n) is 10.4. The highest BCUT2D eigenvalue weighted by molar-refractivity contribution is 6.18. The van der Waals surface area contributed by atoms with Crippen molar-refractivity contribution in [2.24, 2.45) is 0 Å². The van der Waals surface area contributed by atoms with Crippen molar-refractivity contribution in [2.45, 2.75) is 0 Å². The first-order valence-electron chi connectivity index (χ1n) is 17.6. The van der Waals surface area contributed by atoms with Gasteiger partial charge in [0.25, 0.3) is 0 Å². The van der Waals surface area contributed by atoms with Gasteiger partial charge in [0, 0.05) is 16.6 Å². The number of fused-ring (bicyclic) bond motifs is 7. The normalized spacial score (nSPS) is 11.5. The summed E-state index contributed by atoms with van der Waals surface area (Å²) < 4.78 is 0. The minimum Gasteiger partial charge on any atom is -0.309 e. The Bertz CT molecular complexity index is 2920. The van der Waals surface area contributed by atoms with Crippen molar-refractivity contribution < 1.29 is 0 Å². The zero-order chi connectivity index (χ0) is 33.7. The molecule has 0 aliphatic rings. The molecule has 10 rings (SSSR count). The topological polar surface area (TPSA) is 3.24 Å². The summed E-state index contributed by atoms with van der Waals surface area (Å²) in [6, 6.07) is 73.1. The van der Waals surface area contributed by atoms with Crippen LogP contribution in [0.1, 0.15) is 0 Å². The molecule has 10 aromatic carbocycles. The van der Waals surface area contributed by atoms with Gasteiger partial charge in [-0.2, -0.15) is 0 Å². The van der Waals surface area contributed by atoms with Crippen molar-refractivity contribution >= 4 is 70.9 Å². The Balaban J connectivity index is 1.17. The van der Waals surface area contributed by atoms with E-state index in [2.05, 4.69) is 205 Å². The Morgan fingerprint density at radius 1 is 0.255 bits per heavy atom. The Morgan fingerprint density at radius 2 is 0.863 bits per heavy atom. The molecule has 0 spiro atoms. The molecule has 0 bridgehead atoms. The van der Waals surface area contributed by atoms with Crippen LogP contribution in [0.3, 0.4) is 0 Å². The van der Waals surface area contributed by atoms with E-state index in [1.54, 1.807) is 0 Å². The first-order valence-corrected chi connectivity index (χ1v) is 17.6. The standard InChI is InChI=1S/C50H33N/c1-2-13-35(14-3-1)44-18-10-11-21-49(44)51(40-26-22-34-12-4-5-16-37(34)33-40)50-31-30-43(45-19-8-9-20-48(45)50)38-24-27-42-39(32-38)25-29-46-41-17-7-6-15-36(41)23-28-47(42)46/h1-33H. The smallest absolute Gasteiger partial charge is 0.0540 e. The van der Waals surface area contributed by atoms with Crippen LogP contribution in [0.4, 0.5) is 17.1 Å². The molecule has 0 heterocycles. The van der Waals surface area contributed by atoms with E-state index < -0.39 is 0 Å². The van der Waals surface area contributed by atoms with Crippen molar-refractivity contribution in [1.82, 2.24) is 0 Å². The van der Waals surface area contributed by atoms with Gasteiger partial charge in [-0.1, -0.05) is 170 Å². The lowest BCUT2D eigenvalue weighted by atomic mass is 9.92. The summed E-state index contributed by atoms with van der Waals surface area (Å²) in [4.78, 5) is 2.44. The summed E-state index contributed by atoms with van der Waals surface area (Å²) >= 11 is 0. The Hall–Kier alpha value is -6.70. The van der Waals surface area contributed by atoms with E-state index in [0.717, 1.165) is 17.1 Å². The molecule has 0 amide bonds. The largest absolute Gasteiger partial charge is 0.309 e. The maximum absolute atomic E-state index is 2.44. The lowest BCUT2D eigenvalue weighted by Crippen LogP contribution is -2.12. The second-order valence-corrected chi connectivity index (χ2v) is 13.3. The minimum absolute atomic E-state index is 1.13. The maximum atomic E-state index is 2.44. The monoisotopic (exact) mass is 647 g/mol. The third-order valence-corrected chi connectivity index (χ3v) is 10.4. The molecule has 0 aliphatic carbocycles. The van der Waals surface area contributed by atoms with Crippen molar-refractivity contribution in [3.05, 3.63) is 200 Å². The van der Waals surface area contributed by atoms with E-state index in [0.29, 0.717) is 0 Å². The average Bonchev–Trinajstić information content (AvgIpc) is 3.21. The van der Waals surface area contributed by atoms with E-state index >= 15 is 0 Å². The molecular formula is C50H33N. The number of hydrogen-bond acceptors (Lipinski definition) is 1. The quantitative estimate of drug-likeness (QED) is 0.168. The number of rotatable bonds is 5. The lowest BCUT2D eigenvalue weighted by Gasteiger charge is -2.30. The predicted octanol–water partition coefficient (Wildman–Crippen LogP) is 14.3. The number of anilines is 3. The molecule has 0 unspecified atom stereocenters. The molecule has 10 aromatic rings. The highest BCUT2D eigenvalue weighted by Crippen LogP contribution is 2.46. The lowest BCUT2D eigenvalue weighted by molar-refractivity contribution is 1.30. The van der Waals surface area contributed by atoms with Crippen LogP contribution in [0.15, 0.2) is 200 Å². The number of hydrogen-bond donors (Lipinski definition) is 0. The van der Waals surface area contributed by atoms with Crippen molar-refractivity contribution in [2.75, 3.05) is 4.90 Å². The SMILES string of the molecule is c1ccc(-c2ccccc2N(c2ccc3ccccc3c2)c2ccc(-c3ccc4c(ccc5c6ccccc6ccc45)c3)c3ccccc23)cc1. The molecule has 0 saturated heterocycles. The number of benzene rings is 10. The van der Waals surface area contributed by atoms with Crippen molar-refractivity contribution in [3.63, 3.8) is 0 Å². The second kappa shape index (κ2) is 12.0.